The molecule has 0 saturated heterocycles. The average molecular weight is 436 g/mol. The molecule has 0 amide bonds. The number of rotatable bonds is 9. The number of carbonyl (C=O) groups excluding carboxylic acids is 1. The van der Waals surface area contributed by atoms with E-state index in [1.54, 1.807) is 0 Å². The number of carbonyl (C=O) groups is 1. The molecule has 162 valence electrons. The maximum atomic E-state index is 11.8. The first-order valence-corrected chi connectivity index (χ1v) is 12.0. The van der Waals surface area contributed by atoms with Gasteiger partial charge in [0.2, 0.25) is 0 Å². The van der Waals surface area contributed by atoms with E-state index < -0.39 is 0 Å². The van der Waals surface area contributed by atoms with Gasteiger partial charge >= 0.3 is 5.97 Å². The van der Waals surface area contributed by atoms with Gasteiger partial charge in [-0.15, -0.1) is 0 Å². The summed E-state index contributed by atoms with van der Waals surface area (Å²) in [6.07, 6.45) is 0.782. The molecule has 0 aliphatic heterocycles. The highest BCUT2D eigenvalue weighted by Crippen LogP contribution is 2.35. The molecule has 0 aliphatic carbocycles. The van der Waals surface area contributed by atoms with Gasteiger partial charge in [-0.3, -0.25) is 4.79 Å². The quantitative estimate of drug-likeness (QED) is 0.223. The zero-order valence-electron chi connectivity index (χ0n) is 18.8. The van der Waals surface area contributed by atoms with Crippen molar-refractivity contribution < 1.29 is 14.3 Å². The molecule has 0 aliphatic rings. The van der Waals surface area contributed by atoms with Gasteiger partial charge in [-0.1, -0.05) is 50.2 Å². The molecule has 0 radical (unpaired) electrons. The van der Waals surface area contributed by atoms with Crippen LogP contribution in [0.2, 0.25) is 0 Å². The summed E-state index contributed by atoms with van der Waals surface area (Å²) in [4.78, 5) is 15.7. The molecule has 3 nitrogen and oxygen atoms in total. The van der Waals surface area contributed by atoms with Crippen LogP contribution in [0.5, 0.6) is 5.75 Å². The lowest BCUT2D eigenvalue weighted by Crippen LogP contribution is -2.18. The molecule has 0 fully saturated rings. The Labute approximate surface area is 188 Å². The Balaban J connectivity index is 1.80. The van der Waals surface area contributed by atoms with Crippen LogP contribution in [-0.2, 0) is 20.4 Å². The van der Waals surface area contributed by atoms with Crippen LogP contribution in [-0.4, -0.2) is 19.2 Å². The minimum absolute atomic E-state index is 0.0725. The molecule has 1 atom stereocenters. The predicted octanol–water partition coefficient (Wildman–Crippen LogP) is 6.37. The first-order valence-electron chi connectivity index (χ1n) is 10.8. The van der Waals surface area contributed by atoms with Gasteiger partial charge in [0.1, 0.15) is 19.0 Å². The van der Waals surface area contributed by atoms with E-state index in [2.05, 4.69) is 86.6 Å². The third kappa shape index (κ3) is 5.92. The van der Waals surface area contributed by atoms with Gasteiger partial charge in [0, 0.05) is 12.1 Å². The highest BCUT2D eigenvalue weighted by atomic mass is 32.2. The fourth-order valence-electron chi connectivity index (χ4n) is 3.37. The highest BCUT2D eigenvalue weighted by molar-refractivity contribution is 7.97. The Kier molecular flexibility index (Phi) is 8.19. The molecule has 0 saturated carbocycles. The predicted molar refractivity (Wildman–Crippen MR) is 127 cm³/mol. The Bertz CT molecular complexity index is 923. The van der Waals surface area contributed by atoms with E-state index in [1.165, 1.54) is 14.7 Å². The van der Waals surface area contributed by atoms with Crippen LogP contribution < -0.4 is 4.74 Å². The number of hydrogen-bond acceptors (Lipinski definition) is 3. The summed E-state index contributed by atoms with van der Waals surface area (Å²) in [5.41, 5.74) is 2.18. The average Bonchev–Trinajstić information content (AvgIpc) is 2.79. The summed E-state index contributed by atoms with van der Waals surface area (Å²) in [6.45, 7) is 8.64. The molecule has 3 aromatic carbocycles. The number of aryl methyl sites for hydroxylation is 2. The molecule has 0 bridgehead atoms. The normalized spacial score (nSPS) is 11.9. The van der Waals surface area contributed by atoms with Crippen molar-refractivity contribution in [1.82, 2.24) is 0 Å². The molecule has 0 N–H and O–H groups in total. The van der Waals surface area contributed by atoms with Crippen LogP contribution >= 0.6 is 0 Å². The van der Waals surface area contributed by atoms with E-state index in [0.717, 1.165) is 23.3 Å². The lowest BCUT2D eigenvalue weighted by atomic mass is 10.1. The summed E-state index contributed by atoms with van der Waals surface area (Å²) in [7, 11) is -0.188. The maximum absolute atomic E-state index is 11.8. The van der Waals surface area contributed by atoms with Gasteiger partial charge in [0.15, 0.2) is 14.7 Å². The molecule has 0 aromatic heterocycles. The Morgan fingerprint density at radius 1 is 0.839 bits per heavy atom. The standard InChI is InChI=1S/C27H31O3S/c1-5-20(2)27(28)30-17-16-29-26-21(3)18-25(19-22(26)4)31(23-12-8-6-9-13-23)24-14-10-7-11-15-24/h6-15,18-20H,5,16-17H2,1-4H3/q+1. The van der Waals surface area contributed by atoms with E-state index in [-0.39, 0.29) is 29.4 Å². The van der Waals surface area contributed by atoms with Crippen molar-refractivity contribution in [2.75, 3.05) is 13.2 Å². The van der Waals surface area contributed by atoms with Crippen molar-refractivity contribution >= 4 is 16.9 Å². The topological polar surface area (TPSA) is 35.5 Å². The van der Waals surface area contributed by atoms with Crippen LogP contribution in [0.15, 0.2) is 87.5 Å². The van der Waals surface area contributed by atoms with Crippen LogP contribution in [0.25, 0.3) is 0 Å². The van der Waals surface area contributed by atoms with E-state index >= 15 is 0 Å². The SMILES string of the molecule is CCC(C)C(=O)OCCOc1c(C)cc([S+](c2ccccc2)c2ccccc2)cc1C. The van der Waals surface area contributed by atoms with Gasteiger partial charge < -0.3 is 9.47 Å². The van der Waals surface area contributed by atoms with Gasteiger partial charge in [0.05, 0.1) is 16.8 Å². The van der Waals surface area contributed by atoms with Crippen LogP contribution in [0.4, 0.5) is 0 Å². The Hall–Kier alpha value is -2.72. The highest BCUT2D eigenvalue weighted by Gasteiger charge is 2.29. The molecule has 0 heterocycles. The smallest absolute Gasteiger partial charge is 0.308 e. The number of ether oxygens (including phenoxy) is 2. The largest absolute Gasteiger partial charge is 0.489 e. The number of esters is 1. The molecule has 31 heavy (non-hydrogen) atoms. The van der Waals surface area contributed by atoms with Crippen LogP contribution in [0, 0.1) is 19.8 Å². The summed E-state index contributed by atoms with van der Waals surface area (Å²) < 4.78 is 11.3. The molecule has 4 heteroatoms. The molecule has 3 rings (SSSR count). The second-order valence-electron chi connectivity index (χ2n) is 7.64. The van der Waals surface area contributed by atoms with Crippen molar-refractivity contribution in [3.63, 3.8) is 0 Å². The Morgan fingerprint density at radius 3 is 1.84 bits per heavy atom. The first-order chi connectivity index (χ1) is 15.0. The fraction of sp³-hybridized carbons (Fsp3) is 0.296. The molecule has 1 unspecified atom stereocenters. The van der Waals surface area contributed by atoms with Gasteiger partial charge in [-0.2, -0.15) is 0 Å². The molecular weight excluding hydrogens is 404 g/mol. The molecular formula is C27H31O3S+. The van der Waals surface area contributed by atoms with E-state index in [9.17, 15) is 4.79 Å². The van der Waals surface area contributed by atoms with Crippen molar-refractivity contribution in [1.29, 1.82) is 0 Å². The maximum Gasteiger partial charge on any atom is 0.308 e. The fourth-order valence-corrected chi connectivity index (χ4v) is 5.64. The zero-order chi connectivity index (χ0) is 22.2. The monoisotopic (exact) mass is 435 g/mol. The third-order valence-electron chi connectivity index (χ3n) is 5.22. The lowest BCUT2D eigenvalue weighted by molar-refractivity contribution is -0.148. The van der Waals surface area contributed by atoms with Crippen molar-refractivity contribution in [3.05, 3.63) is 83.9 Å². The minimum Gasteiger partial charge on any atom is -0.489 e. The third-order valence-corrected chi connectivity index (χ3v) is 7.41. The Morgan fingerprint density at radius 2 is 1.35 bits per heavy atom. The molecule has 3 aromatic rings. The number of hydrogen-bond donors (Lipinski definition) is 0. The van der Waals surface area contributed by atoms with Gasteiger partial charge in [-0.05, 0) is 55.7 Å². The van der Waals surface area contributed by atoms with Gasteiger partial charge in [-0.25, -0.2) is 0 Å². The first kappa shape index (κ1) is 23.0. The minimum atomic E-state index is -0.188. The van der Waals surface area contributed by atoms with Crippen molar-refractivity contribution in [3.8, 4) is 5.75 Å². The van der Waals surface area contributed by atoms with E-state index in [4.69, 9.17) is 9.47 Å². The second kappa shape index (κ2) is 11.1. The van der Waals surface area contributed by atoms with E-state index in [0.29, 0.717) is 6.61 Å². The van der Waals surface area contributed by atoms with Crippen molar-refractivity contribution in [2.24, 2.45) is 5.92 Å². The second-order valence-corrected chi connectivity index (χ2v) is 9.67. The summed E-state index contributed by atoms with van der Waals surface area (Å²) in [6, 6.07) is 25.7. The zero-order valence-corrected chi connectivity index (χ0v) is 19.6. The van der Waals surface area contributed by atoms with Gasteiger partial charge in [0.25, 0.3) is 0 Å². The van der Waals surface area contributed by atoms with Crippen LogP contribution in [0.3, 0.4) is 0 Å². The van der Waals surface area contributed by atoms with Crippen LogP contribution in [0.1, 0.15) is 31.4 Å². The van der Waals surface area contributed by atoms with Crippen molar-refractivity contribution in [2.45, 2.75) is 48.8 Å². The summed E-state index contributed by atoms with van der Waals surface area (Å²) in [5.74, 6) is 0.634. The number of benzene rings is 3. The molecule has 0 spiro atoms. The van der Waals surface area contributed by atoms with E-state index in [1.807, 2.05) is 13.8 Å². The lowest BCUT2D eigenvalue weighted by Gasteiger charge is -2.15. The summed E-state index contributed by atoms with van der Waals surface area (Å²) >= 11 is 0. The summed E-state index contributed by atoms with van der Waals surface area (Å²) in [5, 5.41) is 0.